The monoisotopic (exact) mass is 437 g/mol. The minimum Gasteiger partial charge on any atom is -0.497 e. The number of amides is 2. The van der Waals surface area contributed by atoms with Gasteiger partial charge in [0, 0.05) is 44.7 Å². The van der Waals surface area contributed by atoms with E-state index < -0.39 is 0 Å². The van der Waals surface area contributed by atoms with E-state index >= 15 is 0 Å². The molecule has 7 heteroatoms. The second-order valence-electron chi connectivity index (χ2n) is 8.26. The molecule has 0 saturated carbocycles. The topological polar surface area (TPSA) is 71.1 Å². The van der Waals surface area contributed by atoms with Gasteiger partial charge in [0.1, 0.15) is 5.75 Å². The first-order valence-corrected chi connectivity index (χ1v) is 11.2. The molecule has 1 atom stereocenters. The maximum atomic E-state index is 12.8. The number of carbonyl (C=O) groups is 2. The van der Waals surface area contributed by atoms with E-state index in [1.165, 1.54) is 0 Å². The highest BCUT2D eigenvalue weighted by molar-refractivity contribution is 5.94. The molecule has 2 aromatic carbocycles. The zero-order valence-electron chi connectivity index (χ0n) is 18.6. The van der Waals surface area contributed by atoms with Crippen LogP contribution in [0.4, 0.5) is 0 Å². The van der Waals surface area contributed by atoms with Crippen LogP contribution < -0.4 is 10.1 Å². The number of hydrogen-bond acceptors (Lipinski definition) is 5. The molecule has 2 heterocycles. The third kappa shape index (κ3) is 5.47. The van der Waals surface area contributed by atoms with Gasteiger partial charge >= 0.3 is 0 Å². The molecule has 2 aliphatic rings. The molecule has 0 spiro atoms. The van der Waals surface area contributed by atoms with Crippen molar-refractivity contribution >= 4 is 11.8 Å². The first-order chi connectivity index (χ1) is 15.6. The van der Waals surface area contributed by atoms with Crippen molar-refractivity contribution < 1.29 is 19.1 Å². The number of nitrogens with one attached hydrogen (secondary N) is 1. The Morgan fingerprint density at radius 3 is 2.41 bits per heavy atom. The number of benzene rings is 2. The summed E-state index contributed by atoms with van der Waals surface area (Å²) in [7, 11) is 1.66. The summed E-state index contributed by atoms with van der Waals surface area (Å²) in [5, 5.41) is 3.11. The van der Waals surface area contributed by atoms with E-state index in [0.29, 0.717) is 38.3 Å². The van der Waals surface area contributed by atoms with Gasteiger partial charge in [-0.3, -0.25) is 14.5 Å². The summed E-state index contributed by atoms with van der Waals surface area (Å²) in [6.45, 7) is 4.98. The molecule has 1 N–H and O–H groups in total. The van der Waals surface area contributed by atoms with Crippen LogP contribution in [0.2, 0.25) is 0 Å². The van der Waals surface area contributed by atoms with Gasteiger partial charge in [-0.25, -0.2) is 0 Å². The molecule has 2 amide bonds. The van der Waals surface area contributed by atoms with Gasteiger partial charge in [-0.15, -0.1) is 0 Å². The Labute approximate surface area is 189 Å². The molecule has 0 aromatic heterocycles. The van der Waals surface area contributed by atoms with Crippen LogP contribution in [0.1, 0.15) is 40.4 Å². The summed E-state index contributed by atoms with van der Waals surface area (Å²) in [6.07, 6.45) is 1.57. The van der Waals surface area contributed by atoms with Crippen molar-refractivity contribution in [3.05, 3.63) is 65.2 Å². The number of carbonyl (C=O) groups excluding carboxylic acids is 2. The van der Waals surface area contributed by atoms with Gasteiger partial charge in [-0.2, -0.15) is 0 Å². The average Bonchev–Trinajstić information content (AvgIpc) is 3.25. The zero-order chi connectivity index (χ0) is 22.3. The van der Waals surface area contributed by atoms with Crippen molar-refractivity contribution in [1.29, 1.82) is 0 Å². The molecule has 2 saturated heterocycles. The van der Waals surface area contributed by atoms with Gasteiger partial charge in [0.15, 0.2) is 0 Å². The maximum absolute atomic E-state index is 12.8. The Morgan fingerprint density at radius 1 is 1.06 bits per heavy atom. The van der Waals surface area contributed by atoms with E-state index in [0.717, 1.165) is 42.9 Å². The largest absolute Gasteiger partial charge is 0.497 e. The second-order valence-corrected chi connectivity index (χ2v) is 8.26. The predicted molar refractivity (Wildman–Crippen MR) is 122 cm³/mol. The smallest absolute Gasteiger partial charge is 0.251 e. The second kappa shape index (κ2) is 10.6. The minimum atomic E-state index is -0.0967. The molecule has 0 aliphatic carbocycles. The fraction of sp³-hybridized carbons (Fsp3) is 0.440. The predicted octanol–water partition coefficient (Wildman–Crippen LogP) is 2.62. The van der Waals surface area contributed by atoms with Crippen LogP contribution in [0.15, 0.2) is 48.5 Å². The van der Waals surface area contributed by atoms with E-state index in [1.54, 1.807) is 7.11 Å². The van der Waals surface area contributed by atoms with E-state index in [-0.39, 0.29) is 17.9 Å². The molecule has 0 bridgehead atoms. The maximum Gasteiger partial charge on any atom is 0.251 e. The third-order valence-electron chi connectivity index (χ3n) is 6.20. The van der Waals surface area contributed by atoms with Gasteiger partial charge < -0.3 is 19.7 Å². The van der Waals surface area contributed by atoms with Crippen molar-refractivity contribution in [3.8, 4) is 5.75 Å². The van der Waals surface area contributed by atoms with Gasteiger partial charge in [0.25, 0.3) is 5.91 Å². The minimum absolute atomic E-state index is 0.0641. The lowest BCUT2D eigenvalue weighted by Crippen LogP contribution is -2.43. The first kappa shape index (κ1) is 22.3. The van der Waals surface area contributed by atoms with Crippen molar-refractivity contribution in [3.63, 3.8) is 0 Å². The van der Waals surface area contributed by atoms with Crippen LogP contribution in [0.3, 0.4) is 0 Å². The molecule has 2 aliphatic heterocycles. The SMILES string of the molecule is COc1ccc(C(CNC(=O)c2ccc(CN3CCCC3=O)cc2)N2CCOCC2)cc1. The average molecular weight is 438 g/mol. The summed E-state index contributed by atoms with van der Waals surface area (Å²) in [5.74, 6) is 0.925. The van der Waals surface area contributed by atoms with Crippen LogP contribution in [0.25, 0.3) is 0 Å². The first-order valence-electron chi connectivity index (χ1n) is 11.2. The Hall–Kier alpha value is -2.90. The molecule has 4 rings (SSSR count). The highest BCUT2D eigenvalue weighted by Gasteiger charge is 2.24. The molecular formula is C25H31N3O4. The molecule has 32 heavy (non-hydrogen) atoms. The lowest BCUT2D eigenvalue weighted by atomic mass is 10.0. The fourth-order valence-corrected chi connectivity index (χ4v) is 4.32. The van der Waals surface area contributed by atoms with E-state index in [2.05, 4.69) is 22.3 Å². The number of morpholine rings is 1. The molecule has 1 unspecified atom stereocenters. The summed E-state index contributed by atoms with van der Waals surface area (Å²) in [5.41, 5.74) is 2.80. The van der Waals surface area contributed by atoms with Crippen molar-refractivity contribution in [2.75, 3.05) is 46.5 Å². The number of rotatable bonds is 8. The lowest BCUT2D eigenvalue weighted by Gasteiger charge is -2.35. The highest BCUT2D eigenvalue weighted by atomic mass is 16.5. The van der Waals surface area contributed by atoms with Crippen molar-refractivity contribution in [2.45, 2.75) is 25.4 Å². The standard InChI is InChI=1S/C25H31N3O4/c1-31-22-10-8-20(9-11-22)23(27-13-15-32-16-14-27)17-26-25(30)21-6-4-19(5-7-21)18-28-12-2-3-24(28)29/h4-11,23H,2-3,12-18H2,1H3,(H,26,30). The van der Waals surface area contributed by atoms with E-state index in [9.17, 15) is 9.59 Å². The lowest BCUT2D eigenvalue weighted by molar-refractivity contribution is -0.128. The Bertz CT molecular complexity index is 908. The van der Waals surface area contributed by atoms with Gasteiger partial charge in [0.2, 0.25) is 5.91 Å². The van der Waals surface area contributed by atoms with Crippen LogP contribution >= 0.6 is 0 Å². The van der Waals surface area contributed by atoms with Crippen LogP contribution in [-0.4, -0.2) is 68.1 Å². The Morgan fingerprint density at radius 2 is 1.78 bits per heavy atom. The fourth-order valence-electron chi connectivity index (χ4n) is 4.32. The summed E-state index contributed by atoms with van der Waals surface area (Å²) >= 11 is 0. The number of hydrogen-bond donors (Lipinski definition) is 1. The van der Waals surface area contributed by atoms with Gasteiger partial charge in [-0.05, 0) is 41.8 Å². The van der Waals surface area contributed by atoms with Gasteiger partial charge in [0.05, 0.1) is 26.4 Å². The van der Waals surface area contributed by atoms with E-state index in [1.807, 2.05) is 41.3 Å². The number of likely N-dealkylation sites (tertiary alicyclic amines) is 1. The van der Waals surface area contributed by atoms with Crippen molar-refractivity contribution in [2.24, 2.45) is 0 Å². The number of ether oxygens (including phenoxy) is 2. The Balaban J connectivity index is 1.39. The molecule has 2 aromatic rings. The zero-order valence-corrected chi connectivity index (χ0v) is 18.6. The van der Waals surface area contributed by atoms with Crippen LogP contribution in [0.5, 0.6) is 5.75 Å². The summed E-state index contributed by atoms with van der Waals surface area (Å²) < 4.78 is 10.8. The number of methoxy groups -OCH3 is 1. The molecule has 0 radical (unpaired) electrons. The molecule has 2 fully saturated rings. The van der Waals surface area contributed by atoms with E-state index in [4.69, 9.17) is 9.47 Å². The van der Waals surface area contributed by atoms with Crippen LogP contribution in [0, 0.1) is 0 Å². The molecule has 170 valence electrons. The Kier molecular flexibility index (Phi) is 7.39. The molecule has 7 nitrogen and oxygen atoms in total. The summed E-state index contributed by atoms with van der Waals surface area (Å²) in [6, 6.07) is 15.6. The highest BCUT2D eigenvalue weighted by Crippen LogP contribution is 2.24. The van der Waals surface area contributed by atoms with Crippen molar-refractivity contribution in [1.82, 2.24) is 15.1 Å². The van der Waals surface area contributed by atoms with Crippen LogP contribution in [-0.2, 0) is 16.1 Å². The summed E-state index contributed by atoms with van der Waals surface area (Å²) in [4.78, 5) is 28.9. The number of nitrogens with zero attached hydrogens (tertiary/aromatic N) is 2. The normalized spacial score (nSPS) is 17.9. The molecular weight excluding hydrogens is 406 g/mol. The quantitative estimate of drug-likeness (QED) is 0.688. The van der Waals surface area contributed by atoms with Gasteiger partial charge in [-0.1, -0.05) is 24.3 Å². The third-order valence-corrected chi connectivity index (χ3v) is 6.20.